The Kier molecular flexibility index (Phi) is 16.0. The molecular weight excluding hydrogens is 341 g/mol. The summed E-state index contributed by atoms with van der Waals surface area (Å²) >= 11 is 0. The Morgan fingerprint density at radius 1 is 0.773 bits per heavy atom. The van der Waals surface area contributed by atoms with Crippen LogP contribution in [0, 0.1) is 17.8 Å². The summed E-state index contributed by atoms with van der Waals surface area (Å²) in [6.45, 7) is 6.26. The van der Waals surface area contributed by atoms with Crippen molar-refractivity contribution in [3.8, 4) is 0 Å². The number of nitrogens with zero attached hydrogens (tertiary/aromatic N) is 1. The van der Waals surface area contributed by atoms with Crippen LogP contribution in [0.3, 0.4) is 0 Å². The second-order valence-electron chi connectivity index (χ2n) is 6.99. The highest BCUT2D eigenvalue weighted by Crippen LogP contribution is 2.29. The second kappa shape index (κ2) is 14.1. The molecule has 0 saturated carbocycles. The smallest absolute Gasteiger partial charge is 0.000376 e. The third kappa shape index (κ3) is 9.79. The zero-order chi connectivity index (χ0) is 13.5. The Hall–Kier alpha value is 0.750. The van der Waals surface area contributed by atoms with E-state index in [0.717, 1.165) is 17.8 Å². The van der Waals surface area contributed by atoms with Crippen molar-refractivity contribution >= 4 is 37.2 Å². The topological polar surface area (TPSA) is 27.3 Å². The van der Waals surface area contributed by atoms with Gasteiger partial charge in [0.05, 0.1) is 0 Å². The molecule has 2 saturated heterocycles. The van der Waals surface area contributed by atoms with Crippen LogP contribution in [0.4, 0.5) is 0 Å². The maximum atomic E-state index is 3.49. The number of piperidine rings is 2. The van der Waals surface area contributed by atoms with E-state index in [2.05, 4.69) is 29.6 Å². The van der Waals surface area contributed by atoms with E-state index in [9.17, 15) is 0 Å². The molecule has 0 atom stereocenters. The summed E-state index contributed by atoms with van der Waals surface area (Å²) in [7, 11) is 4.47. The van der Waals surface area contributed by atoms with Gasteiger partial charge in [0.15, 0.2) is 0 Å². The van der Waals surface area contributed by atoms with Crippen molar-refractivity contribution in [3.63, 3.8) is 0 Å². The van der Waals surface area contributed by atoms with E-state index in [0.29, 0.717) is 0 Å². The lowest BCUT2D eigenvalue weighted by Gasteiger charge is -2.32. The van der Waals surface area contributed by atoms with Gasteiger partial charge in [-0.05, 0) is 96.6 Å². The molecule has 0 aromatic heterocycles. The molecule has 0 amide bonds. The molecule has 2 fully saturated rings. The van der Waals surface area contributed by atoms with E-state index in [-0.39, 0.29) is 37.2 Å². The quantitative estimate of drug-likeness (QED) is 0.745. The Morgan fingerprint density at radius 2 is 1.14 bits per heavy atom. The van der Waals surface area contributed by atoms with Crippen LogP contribution in [0.5, 0.6) is 0 Å². The van der Waals surface area contributed by atoms with Crippen molar-refractivity contribution < 1.29 is 0 Å². The van der Waals surface area contributed by atoms with Crippen molar-refractivity contribution in [1.29, 1.82) is 0 Å². The Labute approximate surface area is 156 Å². The zero-order valence-corrected chi connectivity index (χ0v) is 16.6. The predicted molar refractivity (Wildman–Crippen MR) is 104 cm³/mol. The third-order valence-corrected chi connectivity index (χ3v) is 4.87. The van der Waals surface area contributed by atoms with Crippen LogP contribution in [0.1, 0.15) is 38.5 Å². The van der Waals surface area contributed by atoms with Gasteiger partial charge >= 0.3 is 0 Å². The molecule has 2 aliphatic rings. The normalized spacial score (nSPS) is 20.2. The van der Waals surface area contributed by atoms with Crippen molar-refractivity contribution in [3.05, 3.63) is 0 Å². The SMILES string of the molecule is CN(C)CC(CC1CCNCC1)CC1CCNCC1.Cl.Cl.Cl. The molecule has 0 aromatic rings. The first-order valence-corrected chi connectivity index (χ1v) is 8.30. The molecule has 22 heavy (non-hydrogen) atoms. The molecule has 0 bridgehead atoms. The number of halogens is 3. The first-order chi connectivity index (χ1) is 9.24. The molecule has 0 aliphatic carbocycles. The van der Waals surface area contributed by atoms with Gasteiger partial charge in [-0.1, -0.05) is 0 Å². The van der Waals surface area contributed by atoms with Crippen LogP contribution in [0.15, 0.2) is 0 Å². The molecule has 2 heterocycles. The number of rotatable bonds is 6. The minimum absolute atomic E-state index is 0. The van der Waals surface area contributed by atoms with Crippen LogP contribution in [0.2, 0.25) is 0 Å². The fourth-order valence-electron chi connectivity index (χ4n) is 3.94. The van der Waals surface area contributed by atoms with Gasteiger partial charge in [-0.15, -0.1) is 37.2 Å². The third-order valence-electron chi connectivity index (χ3n) is 4.87. The molecule has 2 aliphatic heterocycles. The largest absolute Gasteiger partial charge is 0.317 e. The lowest BCUT2D eigenvalue weighted by atomic mass is 9.80. The Balaban J connectivity index is 0. The van der Waals surface area contributed by atoms with Crippen LogP contribution in [-0.4, -0.2) is 51.7 Å². The number of nitrogens with one attached hydrogen (secondary N) is 2. The van der Waals surface area contributed by atoms with Gasteiger partial charge in [-0.3, -0.25) is 0 Å². The summed E-state index contributed by atoms with van der Waals surface area (Å²) in [5.41, 5.74) is 0. The highest BCUT2D eigenvalue weighted by atomic mass is 35.5. The maximum absolute atomic E-state index is 3.49. The molecule has 0 unspecified atom stereocenters. The van der Waals surface area contributed by atoms with Gasteiger partial charge in [0, 0.05) is 6.54 Å². The van der Waals surface area contributed by atoms with Crippen molar-refractivity contribution in [2.45, 2.75) is 38.5 Å². The van der Waals surface area contributed by atoms with Crippen molar-refractivity contribution in [1.82, 2.24) is 15.5 Å². The maximum Gasteiger partial charge on any atom is 0.000376 e. The fraction of sp³-hybridized carbons (Fsp3) is 1.00. The molecule has 0 aromatic carbocycles. The fourth-order valence-corrected chi connectivity index (χ4v) is 3.94. The standard InChI is InChI=1S/C16H33N3.3ClH/c1-19(2)13-16(11-14-3-7-17-8-4-14)12-15-5-9-18-10-6-15;;;/h14-18H,3-13H2,1-2H3;3*1H. The minimum atomic E-state index is 0. The Morgan fingerprint density at radius 3 is 1.45 bits per heavy atom. The van der Waals surface area contributed by atoms with E-state index in [1.54, 1.807) is 0 Å². The van der Waals surface area contributed by atoms with Gasteiger partial charge in [-0.25, -0.2) is 0 Å². The van der Waals surface area contributed by atoms with E-state index < -0.39 is 0 Å². The number of hydrogen-bond acceptors (Lipinski definition) is 3. The molecule has 0 spiro atoms. The number of hydrogen-bond donors (Lipinski definition) is 2. The Bertz CT molecular complexity index is 223. The van der Waals surface area contributed by atoms with Crippen LogP contribution in [-0.2, 0) is 0 Å². The molecule has 0 radical (unpaired) electrons. The highest BCUT2D eigenvalue weighted by molar-refractivity contribution is 5.86. The molecular formula is C16H36Cl3N3. The lowest BCUT2D eigenvalue weighted by Crippen LogP contribution is -2.33. The van der Waals surface area contributed by atoms with Gasteiger partial charge in [0.25, 0.3) is 0 Å². The van der Waals surface area contributed by atoms with Crippen molar-refractivity contribution in [2.24, 2.45) is 17.8 Å². The van der Waals surface area contributed by atoms with Crippen molar-refractivity contribution in [2.75, 3.05) is 46.8 Å². The first-order valence-electron chi connectivity index (χ1n) is 8.30. The second-order valence-corrected chi connectivity index (χ2v) is 6.99. The average molecular weight is 377 g/mol. The van der Waals surface area contributed by atoms with Gasteiger partial charge in [-0.2, -0.15) is 0 Å². The summed E-state index contributed by atoms with van der Waals surface area (Å²) in [5.74, 6) is 2.88. The summed E-state index contributed by atoms with van der Waals surface area (Å²) < 4.78 is 0. The molecule has 6 heteroatoms. The molecule has 136 valence electrons. The van der Waals surface area contributed by atoms with E-state index >= 15 is 0 Å². The summed E-state index contributed by atoms with van der Waals surface area (Å²) in [6.07, 6.45) is 8.52. The highest BCUT2D eigenvalue weighted by Gasteiger charge is 2.23. The van der Waals surface area contributed by atoms with Crippen LogP contribution >= 0.6 is 37.2 Å². The summed E-state index contributed by atoms with van der Waals surface area (Å²) in [4.78, 5) is 2.40. The van der Waals surface area contributed by atoms with E-state index in [4.69, 9.17) is 0 Å². The van der Waals surface area contributed by atoms with Crippen LogP contribution in [0.25, 0.3) is 0 Å². The first kappa shape index (κ1) is 25.0. The molecule has 2 rings (SSSR count). The minimum Gasteiger partial charge on any atom is -0.317 e. The van der Waals surface area contributed by atoms with Gasteiger partial charge in [0.2, 0.25) is 0 Å². The van der Waals surface area contributed by atoms with E-state index in [1.807, 2.05) is 0 Å². The lowest BCUT2D eigenvalue weighted by molar-refractivity contribution is 0.202. The van der Waals surface area contributed by atoms with Gasteiger partial charge < -0.3 is 15.5 Å². The predicted octanol–water partition coefficient (Wildman–Crippen LogP) is 3.21. The van der Waals surface area contributed by atoms with Gasteiger partial charge in [0.1, 0.15) is 0 Å². The zero-order valence-electron chi connectivity index (χ0n) is 14.2. The molecule has 3 nitrogen and oxygen atoms in total. The molecule has 2 N–H and O–H groups in total. The monoisotopic (exact) mass is 375 g/mol. The average Bonchev–Trinajstić information content (AvgIpc) is 2.40. The van der Waals surface area contributed by atoms with E-state index in [1.165, 1.54) is 71.2 Å². The summed E-state index contributed by atoms with van der Waals surface area (Å²) in [6, 6.07) is 0. The van der Waals surface area contributed by atoms with Crippen LogP contribution < -0.4 is 10.6 Å². The summed E-state index contributed by atoms with van der Waals surface area (Å²) in [5, 5.41) is 6.98.